The van der Waals surface area contributed by atoms with Gasteiger partial charge in [0, 0.05) is 43.6 Å². The minimum atomic E-state index is -0.267. The van der Waals surface area contributed by atoms with Crippen LogP contribution in [0.5, 0.6) is 0 Å². The summed E-state index contributed by atoms with van der Waals surface area (Å²) in [4.78, 5) is 26.4. The topological polar surface area (TPSA) is 70.7 Å². The highest BCUT2D eigenvalue weighted by atomic mass is 16.5. The molecular weight excluding hydrogens is 318 g/mol. The standard InChI is InChI=1S/C19H29N3O3/c1-4-25-13-15-8-10-22(11-9-15)18(23)16-6-5-7-17(12-16)21-19(24)20-14(2)3/h5-7,12,14-15H,4,8-11,13H2,1-3H3,(H2,20,21,24). The molecule has 6 nitrogen and oxygen atoms in total. The number of carbonyl (C=O) groups excluding carboxylic acids is 2. The zero-order valence-electron chi connectivity index (χ0n) is 15.4. The minimum absolute atomic E-state index is 0.0165. The maximum absolute atomic E-state index is 12.7. The lowest BCUT2D eigenvalue weighted by atomic mass is 9.97. The molecule has 0 atom stereocenters. The van der Waals surface area contributed by atoms with Gasteiger partial charge < -0.3 is 20.3 Å². The van der Waals surface area contributed by atoms with Crippen LogP contribution in [0.1, 0.15) is 44.0 Å². The van der Waals surface area contributed by atoms with Crippen molar-refractivity contribution in [2.45, 2.75) is 39.7 Å². The molecule has 1 aromatic rings. The molecule has 0 bridgehead atoms. The molecule has 0 aliphatic carbocycles. The Morgan fingerprint density at radius 2 is 2.00 bits per heavy atom. The van der Waals surface area contributed by atoms with Gasteiger partial charge in [0.05, 0.1) is 0 Å². The predicted molar refractivity (Wildman–Crippen MR) is 98.9 cm³/mol. The molecule has 138 valence electrons. The van der Waals surface area contributed by atoms with Crippen molar-refractivity contribution in [3.63, 3.8) is 0 Å². The van der Waals surface area contributed by atoms with Crippen molar-refractivity contribution in [1.82, 2.24) is 10.2 Å². The van der Waals surface area contributed by atoms with Crippen LogP contribution in [0.15, 0.2) is 24.3 Å². The first-order valence-corrected chi connectivity index (χ1v) is 9.04. The minimum Gasteiger partial charge on any atom is -0.381 e. The first-order valence-electron chi connectivity index (χ1n) is 9.04. The molecule has 25 heavy (non-hydrogen) atoms. The summed E-state index contributed by atoms with van der Waals surface area (Å²) in [5.41, 5.74) is 1.22. The lowest BCUT2D eigenvalue weighted by Crippen LogP contribution is -2.39. The number of likely N-dealkylation sites (tertiary alicyclic amines) is 1. The van der Waals surface area contributed by atoms with Crippen LogP contribution in [-0.2, 0) is 4.74 Å². The number of nitrogens with one attached hydrogen (secondary N) is 2. The molecular formula is C19H29N3O3. The number of anilines is 1. The van der Waals surface area contributed by atoms with E-state index < -0.39 is 0 Å². The monoisotopic (exact) mass is 347 g/mol. The second-order valence-corrected chi connectivity index (χ2v) is 6.73. The summed E-state index contributed by atoms with van der Waals surface area (Å²) in [7, 11) is 0. The number of amides is 3. The number of hydrogen-bond donors (Lipinski definition) is 2. The Hall–Kier alpha value is -2.08. The van der Waals surface area contributed by atoms with Gasteiger partial charge in [-0.1, -0.05) is 6.07 Å². The molecule has 3 amide bonds. The van der Waals surface area contributed by atoms with Crippen LogP contribution in [0.2, 0.25) is 0 Å². The average molecular weight is 347 g/mol. The van der Waals surface area contributed by atoms with E-state index >= 15 is 0 Å². The van der Waals surface area contributed by atoms with Gasteiger partial charge in [-0.15, -0.1) is 0 Å². The van der Waals surface area contributed by atoms with E-state index in [1.165, 1.54) is 0 Å². The molecule has 2 rings (SSSR count). The van der Waals surface area contributed by atoms with Crippen LogP contribution in [0.3, 0.4) is 0 Å². The Morgan fingerprint density at radius 1 is 1.28 bits per heavy atom. The van der Waals surface area contributed by atoms with E-state index in [0.29, 0.717) is 17.2 Å². The van der Waals surface area contributed by atoms with E-state index in [9.17, 15) is 9.59 Å². The third-order valence-electron chi connectivity index (χ3n) is 4.25. The van der Waals surface area contributed by atoms with Gasteiger partial charge in [0.15, 0.2) is 0 Å². The maximum atomic E-state index is 12.7. The van der Waals surface area contributed by atoms with Gasteiger partial charge in [-0.25, -0.2) is 4.79 Å². The lowest BCUT2D eigenvalue weighted by Gasteiger charge is -2.32. The molecule has 0 unspecified atom stereocenters. The fourth-order valence-electron chi connectivity index (χ4n) is 2.93. The second kappa shape index (κ2) is 9.42. The molecule has 1 saturated heterocycles. The van der Waals surface area contributed by atoms with Gasteiger partial charge in [0.1, 0.15) is 0 Å². The Morgan fingerprint density at radius 3 is 2.64 bits per heavy atom. The fraction of sp³-hybridized carbons (Fsp3) is 0.579. The van der Waals surface area contributed by atoms with Gasteiger partial charge in [-0.2, -0.15) is 0 Å². The summed E-state index contributed by atoms with van der Waals surface area (Å²) in [6.07, 6.45) is 1.95. The third-order valence-corrected chi connectivity index (χ3v) is 4.25. The number of ether oxygens (including phenoxy) is 1. The molecule has 2 N–H and O–H groups in total. The predicted octanol–water partition coefficient (Wildman–Crippen LogP) is 3.11. The Bertz CT molecular complexity index is 581. The number of rotatable bonds is 6. The van der Waals surface area contributed by atoms with Gasteiger partial charge >= 0.3 is 6.03 Å². The molecule has 0 aromatic heterocycles. The number of urea groups is 1. The molecule has 1 aromatic carbocycles. The lowest BCUT2D eigenvalue weighted by molar-refractivity contribution is 0.0551. The molecule has 1 heterocycles. The summed E-state index contributed by atoms with van der Waals surface area (Å²) < 4.78 is 5.48. The highest BCUT2D eigenvalue weighted by Gasteiger charge is 2.23. The largest absolute Gasteiger partial charge is 0.381 e. The summed E-state index contributed by atoms with van der Waals surface area (Å²) in [5, 5.41) is 5.53. The number of benzene rings is 1. The molecule has 0 spiro atoms. The first kappa shape index (κ1) is 19.2. The zero-order valence-corrected chi connectivity index (χ0v) is 15.4. The van der Waals surface area contributed by atoms with Crippen molar-refractivity contribution in [2.24, 2.45) is 5.92 Å². The van der Waals surface area contributed by atoms with Gasteiger partial charge in [0.2, 0.25) is 0 Å². The Kier molecular flexibility index (Phi) is 7.25. The van der Waals surface area contributed by atoms with E-state index in [1.54, 1.807) is 24.3 Å². The van der Waals surface area contributed by atoms with Crippen LogP contribution in [0.25, 0.3) is 0 Å². The van der Waals surface area contributed by atoms with Crippen LogP contribution >= 0.6 is 0 Å². The van der Waals surface area contributed by atoms with Gasteiger partial charge in [-0.05, 0) is 57.7 Å². The highest BCUT2D eigenvalue weighted by molar-refractivity contribution is 5.97. The Balaban J connectivity index is 1.92. The summed E-state index contributed by atoms with van der Waals surface area (Å²) in [5.74, 6) is 0.555. The fourth-order valence-corrected chi connectivity index (χ4v) is 2.93. The van der Waals surface area contributed by atoms with Crippen molar-refractivity contribution in [1.29, 1.82) is 0 Å². The normalized spacial score (nSPS) is 15.3. The van der Waals surface area contributed by atoms with Crippen molar-refractivity contribution in [3.05, 3.63) is 29.8 Å². The van der Waals surface area contributed by atoms with E-state index in [4.69, 9.17) is 4.74 Å². The van der Waals surface area contributed by atoms with Crippen molar-refractivity contribution in [2.75, 3.05) is 31.6 Å². The van der Waals surface area contributed by atoms with E-state index in [0.717, 1.165) is 39.1 Å². The zero-order chi connectivity index (χ0) is 18.2. The molecule has 0 saturated carbocycles. The summed E-state index contributed by atoms with van der Waals surface area (Å²) >= 11 is 0. The number of hydrogen-bond acceptors (Lipinski definition) is 3. The summed E-state index contributed by atoms with van der Waals surface area (Å²) in [6, 6.07) is 6.89. The van der Waals surface area contributed by atoms with Crippen LogP contribution in [-0.4, -0.2) is 49.2 Å². The molecule has 6 heteroatoms. The summed E-state index contributed by atoms with van der Waals surface area (Å²) in [6.45, 7) is 8.82. The van der Waals surface area contributed by atoms with Gasteiger partial charge in [0.25, 0.3) is 5.91 Å². The van der Waals surface area contributed by atoms with Crippen molar-refractivity contribution < 1.29 is 14.3 Å². The molecule has 1 aliphatic rings. The molecule has 1 aliphatic heterocycles. The first-order chi connectivity index (χ1) is 12.0. The van der Waals surface area contributed by atoms with Gasteiger partial charge in [-0.3, -0.25) is 4.79 Å². The number of carbonyl (C=O) groups is 2. The van der Waals surface area contributed by atoms with Crippen molar-refractivity contribution in [3.8, 4) is 0 Å². The number of piperidine rings is 1. The van der Waals surface area contributed by atoms with Crippen LogP contribution in [0, 0.1) is 5.92 Å². The smallest absolute Gasteiger partial charge is 0.319 e. The van der Waals surface area contributed by atoms with E-state index in [-0.39, 0.29) is 18.0 Å². The van der Waals surface area contributed by atoms with E-state index in [1.807, 2.05) is 25.7 Å². The maximum Gasteiger partial charge on any atom is 0.319 e. The average Bonchev–Trinajstić information content (AvgIpc) is 2.59. The quantitative estimate of drug-likeness (QED) is 0.831. The Labute approximate surface area is 149 Å². The molecule has 1 fully saturated rings. The van der Waals surface area contributed by atoms with Crippen LogP contribution in [0.4, 0.5) is 10.5 Å². The van der Waals surface area contributed by atoms with Crippen molar-refractivity contribution >= 4 is 17.6 Å². The third kappa shape index (κ3) is 6.05. The van der Waals surface area contributed by atoms with E-state index in [2.05, 4.69) is 10.6 Å². The van der Waals surface area contributed by atoms with Crippen LogP contribution < -0.4 is 10.6 Å². The second-order valence-electron chi connectivity index (χ2n) is 6.73. The number of nitrogens with zero attached hydrogens (tertiary/aromatic N) is 1. The molecule has 0 radical (unpaired) electrons. The SMILES string of the molecule is CCOCC1CCN(C(=O)c2cccc(NC(=O)NC(C)C)c2)CC1. The highest BCUT2D eigenvalue weighted by Crippen LogP contribution is 2.20.